The van der Waals surface area contributed by atoms with Crippen molar-refractivity contribution in [1.82, 2.24) is 9.97 Å². The Hall–Kier alpha value is -1.49. The molecule has 0 saturated heterocycles. The smallest absolute Gasteiger partial charge is 0.357 e. The fourth-order valence-electron chi connectivity index (χ4n) is 1.03. The molecule has 0 aliphatic carbocycles. The lowest BCUT2D eigenvalue weighted by molar-refractivity contribution is 0.0510. The topological polar surface area (TPSA) is 61.3 Å². The summed E-state index contributed by atoms with van der Waals surface area (Å²) in [5, 5.41) is 0. The summed E-state index contributed by atoms with van der Waals surface area (Å²) in [7, 11) is 0. The molecule has 0 aromatic carbocycles. The first-order valence-electron chi connectivity index (χ1n) is 5.24. The molecule has 0 aliphatic heterocycles. The second-order valence-corrected chi connectivity index (χ2v) is 3.44. The average Bonchev–Trinajstić information content (AvgIpc) is 2.27. The predicted octanol–water partition coefficient (Wildman–Crippen LogP) is 1.58. The van der Waals surface area contributed by atoms with Crippen LogP contribution in [0.1, 0.15) is 37.1 Å². The first kappa shape index (κ1) is 12.6. The first-order chi connectivity index (χ1) is 7.63. The number of nitrogens with zero attached hydrogens (tertiary/aromatic N) is 2. The molecule has 5 heteroatoms. The van der Waals surface area contributed by atoms with Gasteiger partial charge in [-0.25, -0.2) is 14.8 Å². The van der Waals surface area contributed by atoms with E-state index < -0.39 is 5.97 Å². The Kier molecular flexibility index (Phi) is 4.85. The zero-order chi connectivity index (χ0) is 12.0. The van der Waals surface area contributed by atoms with Gasteiger partial charge in [-0.1, -0.05) is 0 Å². The molecular formula is C11H16N2O3. The molecule has 1 aromatic heterocycles. The number of ether oxygens (including phenoxy) is 2. The summed E-state index contributed by atoms with van der Waals surface area (Å²) < 4.78 is 10.2. The third kappa shape index (κ3) is 3.94. The monoisotopic (exact) mass is 224 g/mol. The lowest BCUT2D eigenvalue weighted by atomic mass is 10.4. The number of esters is 1. The van der Waals surface area contributed by atoms with Gasteiger partial charge in [0.2, 0.25) is 0 Å². The molecule has 0 fully saturated rings. The molecule has 1 heterocycles. The van der Waals surface area contributed by atoms with E-state index in [1.54, 1.807) is 6.92 Å². The van der Waals surface area contributed by atoms with Crippen LogP contribution in [0.2, 0.25) is 0 Å². The molecule has 5 nitrogen and oxygen atoms in total. The molecule has 88 valence electrons. The van der Waals surface area contributed by atoms with Gasteiger partial charge in [-0.3, -0.25) is 0 Å². The van der Waals surface area contributed by atoms with E-state index in [2.05, 4.69) is 9.97 Å². The maximum Gasteiger partial charge on any atom is 0.357 e. The zero-order valence-corrected chi connectivity index (χ0v) is 9.77. The summed E-state index contributed by atoms with van der Waals surface area (Å²) in [5.41, 5.74) is 0.263. The highest BCUT2D eigenvalue weighted by Gasteiger charge is 2.09. The lowest BCUT2D eigenvalue weighted by Crippen LogP contribution is -2.11. The Morgan fingerprint density at radius 3 is 2.88 bits per heavy atom. The Labute approximate surface area is 94.8 Å². The summed E-state index contributed by atoms with van der Waals surface area (Å²) in [5.74, 6) is 0.0509. The van der Waals surface area contributed by atoms with Gasteiger partial charge in [-0.15, -0.1) is 0 Å². The van der Waals surface area contributed by atoms with Crippen molar-refractivity contribution in [2.45, 2.75) is 33.5 Å². The number of hydrogen-bond donors (Lipinski definition) is 0. The van der Waals surface area contributed by atoms with Crippen LogP contribution >= 0.6 is 0 Å². The van der Waals surface area contributed by atoms with Crippen LogP contribution in [0.3, 0.4) is 0 Å². The van der Waals surface area contributed by atoms with Gasteiger partial charge in [-0.05, 0) is 26.8 Å². The van der Waals surface area contributed by atoms with E-state index in [9.17, 15) is 4.79 Å². The number of carbonyl (C=O) groups is 1. The predicted molar refractivity (Wildman–Crippen MR) is 57.9 cm³/mol. The van der Waals surface area contributed by atoms with E-state index in [4.69, 9.17) is 9.47 Å². The van der Waals surface area contributed by atoms with Crippen LogP contribution in [0.5, 0.6) is 0 Å². The average molecular weight is 224 g/mol. The van der Waals surface area contributed by atoms with Crippen LogP contribution < -0.4 is 0 Å². The molecule has 16 heavy (non-hydrogen) atoms. The van der Waals surface area contributed by atoms with Crippen molar-refractivity contribution < 1.29 is 14.3 Å². The van der Waals surface area contributed by atoms with Crippen LogP contribution in [-0.2, 0) is 16.1 Å². The van der Waals surface area contributed by atoms with Crippen LogP contribution in [-0.4, -0.2) is 28.6 Å². The molecular weight excluding hydrogens is 208 g/mol. The highest BCUT2D eigenvalue weighted by Crippen LogP contribution is 2.01. The fourth-order valence-corrected chi connectivity index (χ4v) is 1.03. The van der Waals surface area contributed by atoms with Gasteiger partial charge in [0, 0.05) is 6.20 Å². The van der Waals surface area contributed by atoms with Gasteiger partial charge in [0.15, 0.2) is 11.5 Å². The number of hydrogen-bond acceptors (Lipinski definition) is 5. The molecule has 0 unspecified atom stereocenters. The molecule has 1 rings (SSSR count). The van der Waals surface area contributed by atoms with Gasteiger partial charge >= 0.3 is 5.97 Å². The quantitative estimate of drug-likeness (QED) is 0.710. The molecule has 1 aromatic rings. The van der Waals surface area contributed by atoms with Crippen molar-refractivity contribution in [3.63, 3.8) is 0 Å². The molecule has 0 N–H and O–H groups in total. The molecule has 0 saturated carbocycles. The molecule has 0 spiro atoms. The Balaban J connectivity index is 2.67. The summed E-state index contributed by atoms with van der Waals surface area (Å²) in [4.78, 5) is 19.4. The molecule has 0 aliphatic rings. The Morgan fingerprint density at radius 2 is 2.25 bits per heavy atom. The number of aromatic nitrogens is 2. The SMILES string of the molecule is CCOC(=O)c1ccnc(COC(C)C)n1. The van der Waals surface area contributed by atoms with E-state index >= 15 is 0 Å². The van der Waals surface area contributed by atoms with E-state index in [0.717, 1.165) is 0 Å². The zero-order valence-electron chi connectivity index (χ0n) is 9.77. The summed E-state index contributed by atoms with van der Waals surface area (Å²) in [6.07, 6.45) is 1.63. The third-order valence-corrected chi connectivity index (χ3v) is 1.74. The lowest BCUT2D eigenvalue weighted by Gasteiger charge is -2.06. The maximum atomic E-state index is 11.4. The minimum Gasteiger partial charge on any atom is -0.461 e. The number of carbonyl (C=O) groups excluding carboxylic acids is 1. The van der Waals surface area contributed by atoms with Crippen molar-refractivity contribution in [1.29, 1.82) is 0 Å². The third-order valence-electron chi connectivity index (χ3n) is 1.74. The maximum absolute atomic E-state index is 11.4. The number of rotatable bonds is 5. The van der Waals surface area contributed by atoms with Gasteiger partial charge < -0.3 is 9.47 Å². The highest BCUT2D eigenvalue weighted by atomic mass is 16.5. The molecule has 0 amide bonds. The van der Waals surface area contributed by atoms with Gasteiger partial charge in [0.1, 0.15) is 6.61 Å². The standard InChI is InChI=1S/C11H16N2O3/c1-4-15-11(14)9-5-6-12-10(13-9)7-16-8(2)3/h5-6,8H,4,7H2,1-3H3. The van der Waals surface area contributed by atoms with Crippen LogP contribution in [0, 0.1) is 0 Å². The van der Waals surface area contributed by atoms with Crippen LogP contribution in [0.4, 0.5) is 0 Å². The van der Waals surface area contributed by atoms with Crippen molar-refractivity contribution in [3.05, 3.63) is 23.8 Å². The fraction of sp³-hybridized carbons (Fsp3) is 0.545. The van der Waals surface area contributed by atoms with Gasteiger partial charge in [0.05, 0.1) is 12.7 Å². The summed E-state index contributed by atoms with van der Waals surface area (Å²) in [6.45, 7) is 6.23. The van der Waals surface area contributed by atoms with Gasteiger partial charge in [0.25, 0.3) is 0 Å². The van der Waals surface area contributed by atoms with Crippen LogP contribution in [0.25, 0.3) is 0 Å². The normalized spacial score (nSPS) is 10.5. The van der Waals surface area contributed by atoms with Crippen molar-refractivity contribution in [2.24, 2.45) is 0 Å². The molecule has 0 radical (unpaired) electrons. The second-order valence-electron chi connectivity index (χ2n) is 3.44. The first-order valence-corrected chi connectivity index (χ1v) is 5.24. The van der Waals surface area contributed by atoms with Crippen LogP contribution in [0.15, 0.2) is 12.3 Å². The van der Waals surface area contributed by atoms with Crippen molar-refractivity contribution >= 4 is 5.97 Å². The van der Waals surface area contributed by atoms with Crippen molar-refractivity contribution in [2.75, 3.05) is 6.61 Å². The molecule has 0 bridgehead atoms. The van der Waals surface area contributed by atoms with Gasteiger partial charge in [-0.2, -0.15) is 0 Å². The van der Waals surface area contributed by atoms with E-state index in [1.165, 1.54) is 12.3 Å². The molecule has 0 atom stereocenters. The minimum absolute atomic E-state index is 0.106. The Bertz CT molecular complexity index is 353. The minimum atomic E-state index is -0.435. The van der Waals surface area contributed by atoms with E-state index in [-0.39, 0.29) is 11.8 Å². The summed E-state index contributed by atoms with van der Waals surface area (Å²) in [6, 6.07) is 1.52. The Morgan fingerprint density at radius 1 is 1.50 bits per heavy atom. The summed E-state index contributed by atoms with van der Waals surface area (Å²) >= 11 is 0. The van der Waals surface area contributed by atoms with E-state index in [1.807, 2.05) is 13.8 Å². The largest absolute Gasteiger partial charge is 0.461 e. The highest BCUT2D eigenvalue weighted by molar-refractivity contribution is 5.87. The van der Waals surface area contributed by atoms with E-state index in [0.29, 0.717) is 19.0 Å². The van der Waals surface area contributed by atoms with Crippen molar-refractivity contribution in [3.8, 4) is 0 Å². The second kappa shape index (κ2) is 6.17.